The Labute approximate surface area is 163 Å². The van der Waals surface area contributed by atoms with Crippen LogP contribution in [0.25, 0.3) is 16.8 Å². The molecule has 1 atom stereocenters. The second-order valence-corrected chi connectivity index (χ2v) is 7.62. The van der Waals surface area contributed by atoms with Crippen LogP contribution in [-0.2, 0) is 6.42 Å². The second-order valence-electron chi connectivity index (χ2n) is 7.62. The number of rotatable bonds is 2. The Hall–Kier alpha value is -3.27. The van der Waals surface area contributed by atoms with Crippen LogP contribution in [0.5, 0.6) is 0 Å². The summed E-state index contributed by atoms with van der Waals surface area (Å²) < 4.78 is 1.89. The number of carbonyl (C=O) groups excluding carboxylic acids is 1. The maximum absolute atomic E-state index is 12.9. The van der Waals surface area contributed by atoms with Crippen LogP contribution in [0, 0.1) is 13.8 Å². The van der Waals surface area contributed by atoms with Crippen molar-refractivity contribution in [2.45, 2.75) is 32.6 Å². The van der Waals surface area contributed by atoms with Gasteiger partial charge in [-0.3, -0.25) is 4.79 Å². The molecule has 0 radical (unpaired) electrons. The first-order chi connectivity index (χ1) is 13.6. The van der Waals surface area contributed by atoms with E-state index in [1.165, 1.54) is 11.1 Å². The van der Waals surface area contributed by atoms with Crippen molar-refractivity contribution in [3.63, 3.8) is 0 Å². The van der Waals surface area contributed by atoms with Gasteiger partial charge >= 0.3 is 0 Å². The maximum Gasteiger partial charge on any atom is 0.166 e. The molecule has 0 amide bonds. The average molecular weight is 367 g/mol. The van der Waals surface area contributed by atoms with E-state index < -0.39 is 0 Å². The minimum absolute atomic E-state index is 0.149. The summed E-state index contributed by atoms with van der Waals surface area (Å²) >= 11 is 0. The molecule has 4 aromatic rings. The van der Waals surface area contributed by atoms with Crippen LogP contribution in [0.2, 0.25) is 0 Å². The van der Waals surface area contributed by atoms with E-state index >= 15 is 0 Å². The van der Waals surface area contributed by atoms with E-state index in [0.29, 0.717) is 12.0 Å². The fourth-order valence-corrected chi connectivity index (χ4v) is 4.22. The molecule has 1 aliphatic carbocycles. The molecule has 2 heterocycles. The molecule has 0 aliphatic heterocycles. The highest BCUT2D eigenvalue weighted by Gasteiger charge is 2.30. The summed E-state index contributed by atoms with van der Waals surface area (Å²) in [5.41, 5.74) is 8.00. The van der Waals surface area contributed by atoms with Gasteiger partial charge in [0.15, 0.2) is 11.4 Å². The van der Waals surface area contributed by atoms with Gasteiger partial charge in [0.1, 0.15) is 0 Å². The van der Waals surface area contributed by atoms with Crippen LogP contribution >= 0.6 is 0 Å². The third kappa shape index (κ3) is 2.64. The van der Waals surface area contributed by atoms with Gasteiger partial charge in [-0.1, -0.05) is 60.2 Å². The first-order valence-corrected chi connectivity index (χ1v) is 9.64. The normalized spacial score (nSPS) is 16.4. The van der Waals surface area contributed by atoms with E-state index in [1.807, 2.05) is 29.6 Å². The van der Waals surface area contributed by atoms with Crippen LogP contribution in [0.15, 0.2) is 60.8 Å². The van der Waals surface area contributed by atoms with Gasteiger partial charge in [0.2, 0.25) is 0 Å². The molecule has 138 valence electrons. The zero-order valence-electron chi connectivity index (χ0n) is 16.0. The van der Waals surface area contributed by atoms with Crippen molar-refractivity contribution < 1.29 is 4.79 Å². The lowest BCUT2D eigenvalue weighted by Gasteiger charge is -2.24. The molecule has 2 aromatic carbocycles. The summed E-state index contributed by atoms with van der Waals surface area (Å²) in [7, 11) is 0. The highest BCUT2D eigenvalue weighted by Crippen LogP contribution is 2.35. The van der Waals surface area contributed by atoms with Crippen molar-refractivity contribution >= 4 is 11.4 Å². The number of benzene rings is 2. The number of ketones is 1. The summed E-state index contributed by atoms with van der Waals surface area (Å²) in [4.78, 5) is 17.5. The molecule has 0 saturated heterocycles. The molecule has 28 heavy (non-hydrogen) atoms. The Morgan fingerprint density at radius 1 is 0.964 bits per heavy atom. The molecule has 4 heteroatoms. The number of Topliss-reactive ketones (excluding diaryl/α,β-unsaturated/α-hetero) is 1. The molecule has 0 N–H and O–H groups in total. The molecule has 0 spiro atoms. The lowest BCUT2D eigenvalue weighted by molar-refractivity contribution is 0.0962. The van der Waals surface area contributed by atoms with Gasteiger partial charge < -0.3 is 0 Å². The number of hydrogen-bond donors (Lipinski definition) is 0. The lowest BCUT2D eigenvalue weighted by Crippen LogP contribution is -2.22. The second kappa shape index (κ2) is 6.41. The Bertz CT molecular complexity index is 1190. The van der Waals surface area contributed by atoms with Gasteiger partial charge in [-0.05, 0) is 37.3 Å². The monoisotopic (exact) mass is 367 g/mol. The molecule has 0 fully saturated rings. The molecule has 0 bridgehead atoms. The zero-order valence-corrected chi connectivity index (χ0v) is 16.0. The zero-order chi connectivity index (χ0) is 19.3. The van der Waals surface area contributed by atoms with Crippen molar-refractivity contribution in [1.29, 1.82) is 0 Å². The molecular weight excluding hydrogens is 346 g/mol. The van der Waals surface area contributed by atoms with E-state index in [0.717, 1.165) is 34.6 Å². The largest absolute Gasteiger partial charge is 0.294 e. The van der Waals surface area contributed by atoms with Gasteiger partial charge in [0, 0.05) is 18.2 Å². The van der Waals surface area contributed by atoms with Crippen molar-refractivity contribution in [3.05, 3.63) is 88.9 Å². The SMILES string of the molecule is Cc1ccc([C@@H]2CC(=O)c3cnc4c(-c5ccccc5)c(C)nn4c3C2)cc1. The molecule has 1 aliphatic rings. The summed E-state index contributed by atoms with van der Waals surface area (Å²) in [5, 5.41) is 4.78. The fraction of sp³-hybridized carbons (Fsp3) is 0.208. The minimum Gasteiger partial charge on any atom is -0.294 e. The van der Waals surface area contributed by atoms with Crippen LogP contribution in [0.4, 0.5) is 0 Å². The first-order valence-electron chi connectivity index (χ1n) is 9.64. The Kier molecular flexibility index (Phi) is 3.86. The van der Waals surface area contributed by atoms with Gasteiger partial charge in [0.25, 0.3) is 0 Å². The molecule has 0 unspecified atom stereocenters. The molecular formula is C24H21N3O. The van der Waals surface area contributed by atoms with Crippen molar-refractivity contribution in [1.82, 2.24) is 14.6 Å². The standard InChI is InChI=1S/C24H21N3O/c1-15-8-10-17(11-9-15)19-12-21-20(22(28)13-19)14-25-24-23(16(2)26-27(21)24)18-6-4-3-5-7-18/h3-11,14,19H,12-13H2,1-2H3/t19-/m0/s1. The third-order valence-corrected chi connectivity index (χ3v) is 5.70. The topological polar surface area (TPSA) is 47.3 Å². The molecule has 2 aromatic heterocycles. The molecule has 4 nitrogen and oxygen atoms in total. The number of carbonyl (C=O) groups is 1. The number of aromatic nitrogens is 3. The smallest absolute Gasteiger partial charge is 0.166 e. The quantitative estimate of drug-likeness (QED) is 0.505. The minimum atomic E-state index is 0.149. The van der Waals surface area contributed by atoms with E-state index in [9.17, 15) is 4.79 Å². The molecule has 5 rings (SSSR count). The van der Waals surface area contributed by atoms with Gasteiger partial charge in [-0.2, -0.15) is 5.10 Å². The predicted molar refractivity (Wildman–Crippen MR) is 110 cm³/mol. The lowest BCUT2D eigenvalue weighted by atomic mass is 9.82. The van der Waals surface area contributed by atoms with E-state index in [-0.39, 0.29) is 11.7 Å². The van der Waals surface area contributed by atoms with E-state index in [4.69, 9.17) is 5.10 Å². The summed E-state index contributed by atoms with van der Waals surface area (Å²) in [6, 6.07) is 18.7. The highest BCUT2D eigenvalue weighted by molar-refractivity contribution is 5.99. The van der Waals surface area contributed by atoms with Crippen LogP contribution in [-0.4, -0.2) is 20.4 Å². The first kappa shape index (κ1) is 16.9. The fourth-order valence-electron chi connectivity index (χ4n) is 4.22. The van der Waals surface area contributed by atoms with Gasteiger partial charge in [0.05, 0.1) is 17.0 Å². The predicted octanol–water partition coefficient (Wildman–Crippen LogP) is 4.93. The van der Waals surface area contributed by atoms with Gasteiger partial charge in [-0.25, -0.2) is 9.50 Å². The highest BCUT2D eigenvalue weighted by atomic mass is 16.1. The van der Waals surface area contributed by atoms with E-state index in [2.05, 4.69) is 48.3 Å². The third-order valence-electron chi connectivity index (χ3n) is 5.70. The number of aryl methyl sites for hydroxylation is 2. The molecule has 0 saturated carbocycles. The van der Waals surface area contributed by atoms with Gasteiger partial charge in [-0.15, -0.1) is 0 Å². The number of nitrogens with zero attached hydrogens (tertiary/aromatic N) is 3. The summed E-state index contributed by atoms with van der Waals surface area (Å²) in [6.07, 6.45) is 3.06. The number of fused-ring (bicyclic) bond motifs is 3. The summed E-state index contributed by atoms with van der Waals surface area (Å²) in [6.45, 7) is 4.09. The number of hydrogen-bond acceptors (Lipinski definition) is 3. The maximum atomic E-state index is 12.9. The Balaban J connectivity index is 1.66. The van der Waals surface area contributed by atoms with Crippen LogP contribution < -0.4 is 0 Å². The Morgan fingerprint density at radius 3 is 2.46 bits per heavy atom. The van der Waals surface area contributed by atoms with Crippen molar-refractivity contribution in [2.24, 2.45) is 0 Å². The Morgan fingerprint density at radius 2 is 1.71 bits per heavy atom. The van der Waals surface area contributed by atoms with Crippen LogP contribution in [0.1, 0.15) is 45.2 Å². The van der Waals surface area contributed by atoms with Crippen LogP contribution in [0.3, 0.4) is 0 Å². The summed E-state index contributed by atoms with van der Waals surface area (Å²) in [5.74, 6) is 0.325. The van der Waals surface area contributed by atoms with Crippen molar-refractivity contribution in [3.8, 4) is 11.1 Å². The van der Waals surface area contributed by atoms with Crippen molar-refractivity contribution in [2.75, 3.05) is 0 Å². The average Bonchev–Trinajstić information content (AvgIpc) is 3.05. The van der Waals surface area contributed by atoms with E-state index in [1.54, 1.807) is 6.20 Å².